The van der Waals surface area contributed by atoms with Gasteiger partial charge in [0.15, 0.2) is 0 Å². The summed E-state index contributed by atoms with van der Waals surface area (Å²) in [6.07, 6.45) is 3.78. The molecule has 0 aliphatic rings. The van der Waals surface area contributed by atoms with Crippen molar-refractivity contribution in [2.24, 2.45) is 0 Å². The summed E-state index contributed by atoms with van der Waals surface area (Å²) >= 11 is 0. The Hall–Kier alpha value is -0.740. The van der Waals surface area contributed by atoms with Gasteiger partial charge in [-0.15, -0.1) is 0 Å². The molecule has 0 spiro atoms. The van der Waals surface area contributed by atoms with Crippen molar-refractivity contribution in [1.82, 2.24) is 0 Å². The molecule has 1 aromatic carbocycles. The lowest BCUT2D eigenvalue weighted by molar-refractivity contribution is -0.501. The quantitative estimate of drug-likeness (QED) is 0.376. The summed E-state index contributed by atoms with van der Waals surface area (Å²) in [5.74, 6) is 0. The molecule has 0 bridgehead atoms. The van der Waals surface area contributed by atoms with Crippen LogP contribution in [0.1, 0.15) is 10.9 Å². The van der Waals surface area contributed by atoms with Gasteiger partial charge in [-0.1, -0.05) is 18.2 Å². The molecule has 0 aliphatic heterocycles. The predicted octanol–water partition coefficient (Wildman–Crippen LogP) is -1.16. The van der Waals surface area contributed by atoms with Crippen LogP contribution in [0.25, 0.3) is 0 Å². The van der Waals surface area contributed by atoms with Crippen LogP contribution in [-0.4, -0.2) is 17.4 Å². The molecule has 1 rings (SSSR count). The van der Waals surface area contributed by atoms with Gasteiger partial charge in [0, 0.05) is 0 Å². The lowest BCUT2D eigenvalue weighted by Gasteiger charge is -2.05. The van der Waals surface area contributed by atoms with Crippen molar-refractivity contribution >= 4 is 10.9 Å². The van der Waals surface area contributed by atoms with Gasteiger partial charge in [-0.25, -0.2) is 0 Å². The van der Waals surface area contributed by atoms with Crippen molar-refractivity contribution in [3.8, 4) is 0 Å². The van der Waals surface area contributed by atoms with Gasteiger partial charge in [-0.2, -0.15) is 0 Å². The smallest absolute Gasteiger partial charge is 0.384 e. The fraction of sp³-hybridized carbons (Fsp3) is 0.333. The first-order valence-corrected chi connectivity index (χ1v) is 5.98. The zero-order chi connectivity index (χ0) is 9.84. The first-order chi connectivity index (χ1) is 6.13. The predicted molar refractivity (Wildman–Crippen MR) is 55.4 cm³/mol. The number of nitrogens with zero attached hydrogens (tertiary/aromatic N) is 1. The van der Waals surface area contributed by atoms with Gasteiger partial charge in [0.2, 0.25) is 0 Å². The van der Waals surface area contributed by atoms with E-state index < -0.39 is 5.37 Å². The van der Waals surface area contributed by atoms with E-state index in [0.717, 1.165) is 5.56 Å². The normalized spacial score (nSPS) is 11.9. The second-order valence-corrected chi connectivity index (χ2v) is 5.13. The van der Waals surface area contributed by atoms with E-state index in [1.54, 1.807) is 12.1 Å². The minimum Gasteiger partial charge on any atom is -1.00 e. The summed E-state index contributed by atoms with van der Waals surface area (Å²) in [4.78, 5) is 10.5. The molecule has 0 aromatic heterocycles. The summed E-state index contributed by atoms with van der Waals surface area (Å²) in [6, 6.07) is 9.14. The highest BCUT2D eigenvalue weighted by atomic mass is 35.5. The SMILES string of the molecule is C[S+](C)C(c1ccccc1)[N+](=O)[O-].[Cl-]. The first-order valence-electron chi connectivity index (χ1n) is 3.87. The maximum absolute atomic E-state index is 10.8. The van der Waals surface area contributed by atoms with Crippen molar-refractivity contribution in [2.75, 3.05) is 12.5 Å². The molecule has 0 saturated carbocycles. The van der Waals surface area contributed by atoms with Crippen molar-refractivity contribution in [3.05, 3.63) is 46.0 Å². The fourth-order valence-electron chi connectivity index (χ4n) is 1.18. The summed E-state index contributed by atoms with van der Waals surface area (Å²) < 4.78 is 0. The zero-order valence-electron chi connectivity index (χ0n) is 8.01. The van der Waals surface area contributed by atoms with Crippen molar-refractivity contribution in [3.63, 3.8) is 0 Å². The van der Waals surface area contributed by atoms with Crippen LogP contribution >= 0.6 is 0 Å². The topological polar surface area (TPSA) is 43.1 Å². The molecule has 0 fully saturated rings. The van der Waals surface area contributed by atoms with E-state index in [1.165, 1.54) is 0 Å². The highest BCUT2D eigenvalue weighted by Gasteiger charge is 2.34. The van der Waals surface area contributed by atoms with Gasteiger partial charge in [-0.05, 0) is 12.1 Å². The largest absolute Gasteiger partial charge is 1.00 e. The minimum atomic E-state index is -0.554. The van der Waals surface area contributed by atoms with Crippen LogP contribution in [0, 0.1) is 10.1 Å². The zero-order valence-corrected chi connectivity index (χ0v) is 9.59. The monoisotopic (exact) mass is 233 g/mol. The van der Waals surface area contributed by atoms with Crippen LogP contribution in [0.15, 0.2) is 30.3 Å². The van der Waals surface area contributed by atoms with Crippen LogP contribution in [0.3, 0.4) is 0 Å². The van der Waals surface area contributed by atoms with E-state index in [4.69, 9.17) is 0 Å². The molecule has 14 heavy (non-hydrogen) atoms. The Morgan fingerprint density at radius 2 is 1.79 bits per heavy atom. The molecule has 0 aliphatic carbocycles. The Labute approximate surface area is 92.4 Å². The van der Waals surface area contributed by atoms with Crippen molar-refractivity contribution in [2.45, 2.75) is 5.37 Å². The maximum Gasteiger partial charge on any atom is 0.384 e. The number of hydrogen-bond acceptors (Lipinski definition) is 2. The molecular formula is C9H12ClNO2S. The second kappa shape index (κ2) is 5.88. The Morgan fingerprint density at radius 3 is 2.14 bits per heavy atom. The van der Waals surface area contributed by atoms with Gasteiger partial charge in [0.25, 0.3) is 0 Å². The molecule has 0 saturated heterocycles. The van der Waals surface area contributed by atoms with Gasteiger partial charge >= 0.3 is 5.37 Å². The average Bonchev–Trinajstić information content (AvgIpc) is 2.04. The van der Waals surface area contributed by atoms with Crippen molar-refractivity contribution < 1.29 is 17.3 Å². The van der Waals surface area contributed by atoms with Crippen LogP contribution in [0.2, 0.25) is 0 Å². The molecule has 0 N–H and O–H groups in total. The number of rotatable bonds is 3. The molecule has 5 heteroatoms. The lowest BCUT2D eigenvalue weighted by atomic mass is 10.2. The number of benzene rings is 1. The van der Waals surface area contributed by atoms with E-state index in [9.17, 15) is 10.1 Å². The van der Waals surface area contributed by atoms with E-state index in [1.807, 2.05) is 30.7 Å². The number of halogens is 1. The van der Waals surface area contributed by atoms with Crippen LogP contribution in [0.5, 0.6) is 0 Å². The van der Waals surface area contributed by atoms with Gasteiger partial charge in [0.1, 0.15) is 12.5 Å². The Bertz CT molecular complexity index is 292. The van der Waals surface area contributed by atoms with Gasteiger partial charge in [-0.3, -0.25) is 10.1 Å². The molecule has 0 amide bonds. The van der Waals surface area contributed by atoms with E-state index in [-0.39, 0.29) is 28.2 Å². The molecule has 78 valence electrons. The minimum absolute atomic E-state index is 0. The van der Waals surface area contributed by atoms with Crippen LogP contribution in [-0.2, 0) is 10.9 Å². The Kier molecular flexibility index (Phi) is 5.57. The standard InChI is InChI=1S/C9H12NO2S.ClH/c1-13(2)9(10(11)12)8-6-4-3-5-7-8;/h3-7,9H,1-2H3;1H/q+1;/p-1. The van der Waals surface area contributed by atoms with E-state index in [0.29, 0.717) is 0 Å². The fourth-order valence-corrected chi connectivity index (χ4v) is 2.23. The van der Waals surface area contributed by atoms with Gasteiger partial charge in [0.05, 0.1) is 21.4 Å². The Morgan fingerprint density at radius 1 is 1.29 bits per heavy atom. The molecule has 3 nitrogen and oxygen atoms in total. The number of nitro groups is 1. The summed E-state index contributed by atoms with van der Waals surface area (Å²) in [5.41, 5.74) is 0.792. The van der Waals surface area contributed by atoms with E-state index in [2.05, 4.69) is 0 Å². The van der Waals surface area contributed by atoms with Gasteiger partial charge < -0.3 is 12.4 Å². The molecular weight excluding hydrogens is 222 g/mol. The molecule has 1 atom stereocenters. The third-order valence-electron chi connectivity index (χ3n) is 1.72. The first kappa shape index (κ1) is 13.3. The highest BCUT2D eigenvalue weighted by Crippen LogP contribution is 2.21. The van der Waals surface area contributed by atoms with Crippen LogP contribution in [0.4, 0.5) is 0 Å². The molecule has 0 radical (unpaired) electrons. The second-order valence-electron chi connectivity index (χ2n) is 2.93. The molecule has 1 unspecified atom stereocenters. The molecule has 0 heterocycles. The van der Waals surface area contributed by atoms with Crippen LogP contribution < -0.4 is 12.4 Å². The van der Waals surface area contributed by atoms with E-state index >= 15 is 0 Å². The maximum atomic E-state index is 10.8. The summed E-state index contributed by atoms with van der Waals surface area (Å²) in [5, 5.41) is 10.2. The highest BCUT2D eigenvalue weighted by molar-refractivity contribution is 7.95. The summed E-state index contributed by atoms with van der Waals surface area (Å²) in [7, 11) is -0.234. The Balaban J connectivity index is 0.00000169. The summed E-state index contributed by atoms with van der Waals surface area (Å²) in [6.45, 7) is 0. The third kappa shape index (κ3) is 3.20. The third-order valence-corrected chi connectivity index (χ3v) is 3.06. The lowest BCUT2D eigenvalue weighted by Crippen LogP contribution is -3.00. The molecule has 1 aromatic rings. The number of hydrogen-bond donors (Lipinski definition) is 0. The van der Waals surface area contributed by atoms with Crippen molar-refractivity contribution in [1.29, 1.82) is 0 Å². The average molecular weight is 234 g/mol.